The summed E-state index contributed by atoms with van der Waals surface area (Å²) in [6, 6.07) is 14.5. The molecule has 1 aromatic heterocycles. The van der Waals surface area contributed by atoms with Crippen molar-refractivity contribution >= 4 is 40.2 Å². The number of ether oxygens (including phenoxy) is 1. The van der Waals surface area contributed by atoms with E-state index in [1.807, 2.05) is 24.3 Å². The van der Waals surface area contributed by atoms with E-state index in [4.69, 9.17) is 16.3 Å². The predicted molar refractivity (Wildman–Crippen MR) is 104 cm³/mol. The smallest absolute Gasteiger partial charge is 0.316 e. The number of fused-ring (bicyclic) bond motifs is 1. The highest BCUT2D eigenvalue weighted by Crippen LogP contribution is 2.20. The van der Waals surface area contributed by atoms with E-state index in [1.165, 1.54) is 11.8 Å². The van der Waals surface area contributed by atoms with Crippen molar-refractivity contribution in [3.63, 3.8) is 0 Å². The Kier molecular flexibility index (Phi) is 5.96. The van der Waals surface area contributed by atoms with E-state index in [1.54, 1.807) is 35.8 Å². The van der Waals surface area contributed by atoms with Crippen LogP contribution in [-0.4, -0.2) is 27.9 Å². The van der Waals surface area contributed by atoms with Gasteiger partial charge in [-0.05, 0) is 36.8 Å². The normalized spacial score (nSPS) is 10.8. The lowest BCUT2D eigenvalue weighted by Crippen LogP contribution is -2.24. The SMILES string of the molecule is CCOC(=O)CSc1nc2ccccc2c(=O)n1Cc1ccc(Cl)cc1. The van der Waals surface area contributed by atoms with Gasteiger partial charge in [-0.1, -0.05) is 47.6 Å². The first-order chi connectivity index (χ1) is 12.6. The molecule has 26 heavy (non-hydrogen) atoms. The number of rotatable bonds is 6. The van der Waals surface area contributed by atoms with E-state index in [0.717, 1.165) is 5.56 Å². The molecule has 0 bridgehead atoms. The highest BCUT2D eigenvalue weighted by atomic mass is 35.5. The van der Waals surface area contributed by atoms with Crippen molar-refractivity contribution in [1.82, 2.24) is 9.55 Å². The third kappa shape index (κ3) is 4.26. The summed E-state index contributed by atoms with van der Waals surface area (Å²) in [5.74, 6) is -0.239. The van der Waals surface area contributed by atoms with Crippen LogP contribution in [0.3, 0.4) is 0 Å². The molecule has 0 saturated heterocycles. The van der Waals surface area contributed by atoms with E-state index in [9.17, 15) is 9.59 Å². The molecule has 2 aromatic carbocycles. The van der Waals surface area contributed by atoms with Gasteiger partial charge in [0.1, 0.15) is 0 Å². The predicted octanol–water partition coefficient (Wildman–Crippen LogP) is 3.75. The fraction of sp³-hybridized carbons (Fsp3) is 0.211. The zero-order chi connectivity index (χ0) is 18.5. The number of benzene rings is 2. The molecule has 0 aliphatic rings. The van der Waals surface area contributed by atoms with Crippen molar-refractivity contribution in [2.45, 2.75) is 18.6 Å². The molecule has 134 valence electrons. The van der Waals surface area contributed by atoms with Gasteiger partial charge in [-0.25, -0.2) is 4.98 Å². The highest BCUT2D eigenvalue weighted by Gasteiger charge is 2.14. The first-order valence-corrected chi connectivity index (χ1v) is 9.47. The molecule has 0 unspecified atom stereocenters. The van der Waals surface area contributed by atoms with Crippen LogP contribution in [0.4, 0.5) is 0 Å². The maximum Gasteiger partial charge on any atom is 0.316 e. The summed E-state index contributed by atoms with van der Waals surface area (Å²) in [4.78, 5) is 29.2. The molecule has 3 rings (SSSR count). The second-order valence-corrected chi connectivity index (χ2v) is 6.90. The van der Waals surface area contributed by atoms with Crippen LogP contribution in [0, 0.1) is 0 Å². The monoisotopic (exact) mass is 388 g/mol. The number of carbonyl (C=O) groups excluding carboxylic acids is 1. The summed E-state index contributed by atoms with van der Waals surface area (Å²) in [6.07, 6.45) is 0. The third-order valence-corrected chi connectivity index (χ3v) is 4.91. The van der Waals surface area contributed by atoms with Crippen LogP contribution >= 0.6 is 23.4 Å². The van der Waals surface area contributed by atoms with E-state index in [2.05, 4.69) is 4.98 Å². The van der Waals surface area contributed by atoms with Gasteiger partial charge in [-0.15, -0.1) is 0 Å². The van der Waals surface area contributed by atoms with Crippen molar-refractivity contribution in [3.05, 3.63) is 69.5 Å². The van der Waals surface area contributed by atoms with Crippen LogP contribution in [0.15, 0.2) is 58.5 Å². The van der Waals surface area contributed by atoms with Gasteiger partial charge >= 0.3 is 5.97 Å². The summed E-state index contributed by atoms with van der Waals surface area (Å²) in [5.41, 5.74) is 1.39. The van der Waals surface area contributed by atoms with E-state index < -0.39 is 0 Å². The van der Waals surface area contributed by atoms with Crippen LogP contribution in [0.25, 0.3) is 10.9 Å². The van der Waals surface area contributed by atoms with Crippen molar-refractivity contribution in [2.24, 2.45) is 0 Å². The average molecular weight is 389 g/mol. The molecule has 0 atom stereocenters. The molecule has 0 N–H and O–H groups in total. The lowest BCUT2D eigenvalue weighted by atomic mass is 10.2. The van der Waals surface area contributed by atoms with E-state index in [0.29, 0.717) is 34.2 Å². The lowest BCUT2D eigenvalue weighted by Gasteiger charge is -2.13. The van der Waals surface area contributed by atoms with Gasteiger partial charge in [-0.3, -0.25) is 14.2 Å². The number of thioether (sulfide) groups is 1. The van der Waals surface area contributed by atoms with Crippen molar-refractivity contribution in [3.8, 4) is 0 Å². The Hall–Kier alpha value is -2.31. The number of aromatic nitrogens is 2. The van der Waals surface area contributed by atoms with Crippen LogP contribution in [-0.2, 0) is 16.1 Å². The van der Waals surface area contributed by atoms with Gasteiger partial charge in [0.25, 0.3) is 5.56 Å². The molecule has 0 spiro atoms. The van der Waals surface area contributed by atoms with Gasteiger partial charge in [0, 0.05) is 5.02 Å². The van der Waals surface area contributed by atoms with Crippen molar-refractivity contribution in [1.29, 1.82) is 0 Å². The minimum atomic E-state index is -0.335. The van der Waals surface area contributed by atoms with Gasteiger partial charge in [0.05, 0.1) is 29.8 Å². The van der Waals surface area contributed by atoms with Crippen molar-refractivity contribution < 1.29 is 9.53 Å². The number of carbonyl (C=O) groups is 1. The molecule has 0 aliphatic carbocycles. The Morgan fingerprint density at radius 1 is 1.19 bits per heavy atom. The molecule has 0 fully saturated rings. The molecule has 0 aliphatic heterocycles. The number of esters is 1. The summed E-state index contributed by atoms with van der Waals surface area (Å²) in [7, 11) is 0. The molecule has 1 heterocycles. The van der Waals surface area contributed by atoms with Crippen LogP contribution < -0.4 is 5.56 Å². The van der Waals surface area contributed by atoms with E-state index >= 15 is 0 Å². The van der Waals surface area contributed by atoms with Gasteiger partial charge in [0.2, 0.25) is 0 Å². The molecule has 0 amide bonds. The molecule has 5 nitrogen and oxygen atoms in total. The lowest BCUT2D eigenvalue weighted by molar-refractivity contribution is -0.139. The van der Waals surface area contributed by atoms with Crippen molar-refractivity contribution in [2.75, 3.05) is 12.4 Å². The topological polar surface area (TPSA) is 61.2 Å². The Morgan fingerprint density at radius 2 is 1.92 bits per heavy atom. The molecule has 3 aromatic rings. The average Bonchev–Trinajstić information content (AvgIpc) is 2.64. The summed E-state index contributed by atoms with van der Waals surface area (Å²) >= 11 is 7.13. The quantitative estimate of drug-likeness (QED) is 0.365. The maximum atomic E-state index is 13.0. The minimum Gasteiger partial charge on any atom is -0.465 e. The maximum absolute atomic E-state index is 13.0. The zero-order valence-corrected chi connectivity index (χ0v) is 15.7. The number of hydrogen-bond acceptors (Lipinski definition) is 5. The zero-order valence-electron chi connectivity index (χ0n) is 14.1. The third-order valence-electron chi connectivity index (χ3n) is 3.70. The standard InChI is InChI=1S/C19H17ClN2O3S/c1-2-25-17(23)12-26-19-21-16-6-4-3-5-15(16)18(24)22(19)11-13-7-9-14(20)10-8-13/h3-10H,2,11-12H2,1H3. The first-order valence-electron chi connectivity index (χ1n) is 8.11. The fourth-order valence-corrected chi connectivity index (χ4v) is 3.42. The highest BCUT2D eigenvalue weighted by molar-refractivity contribution is 7.99. The molecular formula is C19H17ClN2O3S. The molecular weight excluding hydrogens is 372 g/mol. The Balaban J connectivity index is 2.01. The number of nitrogens with zero attached hydrogens (tertiary/aromatic N) is 2. The van der Waals surface area contributed by atoms with Gasteiger partial charge in [0.15, 0.2) is 5.16 Å². The Morgan fingerprint density at radius 3 is 2.65 bits per heavy atom. The van der Waals surface area contributed by atoms with E-state index in [-0.39, 0.29) is 17.3 Å². The fourth-order valence-electron chi connectivity index (χ4n) is 2.50. The number of para-hydroxylation sites is 1. The first kappa shape index (κ1) is 18.5. The molecule has 0 radical (unpaired) electrons. The molecule has 7 heteroatoms. The van der Waals surface area contributed by atoms with Gasteiger partial charge in [-0.2, -0.15) is 0 Å². The number of halogens is 1. The molecule has 0 saturated carbocycles. The van der Waals surface area contributed by atoms with Gasteiger partial charge < -0.3 is 4.74 Å². The van der Waals surface area contributed by atoms with Crippen LogP contribution in [0.5, 0.6) is 0 Å². The Bertz CT molecular complexity index is 986. The Labute approximate surface area is 160 Å². The second kappa shape index (κ2) is 8.38. The van der Waals surface area contributed by atoms with Crippen LogP contribution in [0.1, 0.15) is 12.5 Å². The summed E-state index contributed by atoms with van der Waals surface area (Å²) in [5, 5.41) is 1.66. The summed E-state index contributed by atoms with van der Waals surface area (Å²) < 4.78 is 6.54. The second-order valence-electron chi connectivity index (χ2n) is 5.52. The largest absolute Gasteiger partial charge is 0.465 e. The number of hydrogen-bond donors (Lipinski definition) is 0. The minimum absolute atomic E-state index is 0.0965. The van der Waals surface area contributed by atoms with Crippen LogP contribution in [0.2, 0.25) is 5.02 Å². The summed E-state index contributed by atoms with van der Waals surface area (Å²) in [6.45, 7) is 2.43.